The van der Waals surface area contributed by atoms with Crippen molar-refractivity contribution in [1.29, 1.82) is 0 Å². The van der Waals surface area contributed by atoms with Crippen LogP contribution in [0.3, 0.4) is 0 Å². The van der Waals surface area contributed by atoms with Crippen LogP contribution in [0.4, 0.5) is 0 Å². The zero-order chi connectivity index (χ0) is 12.9. The Kier molecular flexibility index (Phi) is 5.40. The molecule has 0 radical (unpaired) electrons. The van der Waals surface area contributed by atoms with Crippen molar-refractivity contribution in [2.24, 2.45) is 11.1 Å². The number of nitrogens with zero attached hydrogens (tertiary/aromatic N) is 1. The van der Waals surface area contributed by atoms with Gasteiger partial charge in [0, 0.05) is 13.1 Å². The van der Waals surface area contributed by atoms with Gasteiger partial charge in [-0.1, -0.05) is 27.2 Å². The van der Waals surface area contributed by atoms with Crippen LogP contribution in [0.25, 0.3) is 0 Å². The normalized spacial score (nSPS) is 20.2. The summed E-state index contributed by atoms with van der Waals surface area (Å²) in [5, 5.41) is 3.29. The molecule has 1 fully saturated rings. The second-order valence-electron chi connectivity index (χ2n) is 6.06. The van der Waals surface area contributed by atoms with E-state index in [1.54, 1.807) is 0 Å². The van der Waals surface area contributed by atoms with Crippen LogP contribution in [-0.2, 0) is 4.79 Å². The van der Waals surface area contributed by atoms with Crippen molar-refractivity contribution in [3.05, 3.63) is 0 Å². The SMILES string of the molecule is CC(C)(C)[C@H](NCCN1CCCCC1)C(N)=O. The fourth-order valence-corrected chi connectivity index (χ4v) is 2.38. The predicted molar refractivity (Wildman–Crippen MR) is 70.7 cm³/mol. The molecule has 1 aliphatic rings. The topological polar surface area (TPSA) is 58.4 Å². The smallest absolute Gasteiger partial charge is 0.235 e. The Balaban J connectivity index is 2.29. The minimum absolute atomic E-state index is 0.117. The second kappa shape index (κ2) is 6.36. The van der Waals surface area contributed by atoms with E-state index in [9.17, 15) is 4.79 Å². The fraction of sp³-hybridized carbons (Fsp3) is 0.923. The Labute approximate surface area is 105 Å². The van der Waals surface area contributed by atoms with Crippen molar-refractivity contribution in [2.45, 2.75) is 46.1 Å². The van der Waals surface area contributed by atoms with Gasteiger partial charge >= 0.3 is 0 Å². The summed E-state index contributed by atoms with van der Waals surface area (Å²) >= 11 is 0. The van der Waals surface area contributed by atoms with E-state index in [0.717, 1.165) is 13.1 Å². The number of hydrogen-bond acceptors (Lipinski definition) is 3. The number of primary amides is 1. The number of rotatable bonds is 5. The summed E-state index contributed by atoms with van der Waals surface area (Å²) in [6.07, 6.45) is 3.97. The third kappa shape index (κ3) is 5.04. The van der Waals surface area contributed by atoms with E-state index >= 15 is 0 Å². The highest BCUT2D eigenvalue weighted by atomic mass is 16.1. The number of nitrogens with one attached hydrogen (secondary N) is 1. The van der Waals surface area contributed by atoms with Crippen molar-refractivity contribution in [3.8, 4) is 0 Å². The first-order valence-electron chi connectivity index (χ1n) is 6.66. The Hall–Kier alpha value is -0.610. The zero-order valence-electron chi connectivity index (χ0n) is 11.5. The molecule has 1 rings (SSSR count). The molecule has 0 spiro atoms. The molecule has 1 amide bonds. The van der Waals surface area contributed by atoms with E-state index in [4.69, 9.17) is 5.73 Å². The maximum atomic E-state index is 11.4. The van der Waals surface area contributed by atoms with E-state index in [1.807, 2.05) is 20.8 Å². The molecule has 100 valence electrons. The average Bonchev–Trinajstić information content (AvgIpc) is 2.23. The van der Waals surface area contributed by atoms with E-state index < -0.39 is 0 Å². The molecule has 0 aliphatic carbocycles. The third-order valence-electron chi connectivity index (χ3n) is 3.38. The van der Waals surface area contributed by atoms with Crippen LogP contribution >= 0.6 is 0 Å². The lowest BCUT2D eigenvalue weighted by Gasteiger charge is -2.31. The number of hydrogen-bond donors (Lipinski definition) is 2. The van der Waals surface area contributed by atoms with Crippen LogP contribution < -0.4 is 11.1 Å². The quantitative estimate of drug-likeness (QED) is 0.754. The summed E-state index contributed by atoms with van der Waals surface area (Å²) in [7, 11) is 0. The molecule has 0 aromatic heterocycles. The molecule has 1 heterocycles. The predicted octanol–water partition coefficient (Wildman–Crippen LogP) is 0.962. The van der Waals surface area contributed by atoms with Gasteiger partial charge < -0.3 is 16.0 Å². The number of nitrogens with two attached hydrogens (primary N) is 1. The summed E-state index contributed by atoms with van der Waals surface area (Å²) in [5.74, 6) is -0.254. The summed E-state index contributed by atoms with van der Waals surface area (Å²) in [4.78, 5) is 13.8. The van der Waals surface area contributed by atoms with Crippen LogP contribution in [-0.4, -0.2) is 43.0 Å². The number of carbonyl (C=O) groups is 1. The Morgan fingerprint density at radius 3 is 2.35 bits per heavy atom. The van der Waals surface area contributed by atoms with Crippen LogP contribution in [0.5, 0.6) is 0 Å². The van der Waals surface area contributed by atoms with Gasteiger partial charge in [-0.2, -0.15) is 0 Å². The molecule has 1 atom stereocenters. The van der Waals surface area contributed by atoms with Gasteiger partial charge in [0.05, 0.1) is 6.04 Å². The van der Waals surface area contributed by atoms with E-state index in [1.165, 1.54) is 32.4 Å². The molecule has 1 aliphatic heterocycles. The van der Waals surface area contributed by atoms with Crippen LogP contribution in [0.1, 0.15) is 40.0 Å². The number of carbonyl (C=O) groups excluding carboxylic acids is 1. The monoisotopic (exact) mass is 241 g/mol. The zero-order valence-corrected chi connectivity index (χ0v) is 11.5. The maximum absolute atomic E-state index is 11.4. The molecule has 4 heteroatoms. The van der Waals surface area contributed by atoms with Crippen molar-refractivity contribution >= 4 is 5.91 Å². The highest BCUT2D eigenvalue weighted by Gasteiger charge is 2.28. The van der Waals surface area contributed by atoms with Gasteiger partial charge in [-0.15, -0.1) is 0 Å². The Morgan fingerprint density at radius 1 is 1.29 bits per heavy atom. The Morgan fingerprint density at radius 2 is 1.88 bits per heavy atom. The number of likely N-dealkylation sites (tertiary alicyclic amines) is 1. The lowest BCUT2D eigenvalue weighted by molar-refractivity contribution is -0.122. The van der Waals surface area contributed by atoms with Crippen LogP contribution in [0.15, 0.2) is 0 Å². The molecule has 3 N–H and O–H groups in total. The summed E-state index contributed by atoms with van der Waals surface area (Å²) in [5.41, 5.74) is 5.31. The molecule has 0 bridgehead atoms. The molecule has 1 saturated heterocycles. The maximum Gasteiger partial charge on any atom is 0.235 e. The lowest BCUT2D eigenvalue weighted by atomic mass is 9.86. The van der Waals surface area contributed by atoms with Gasteiger partial charge in [-0.05, 0) is 31.3 Å². The fourth-order valence-electron chi connectivity index (χ4n) is 2.38. The van der Waals surface area contributed by atoms with Crippen LogP contribution in [0.2, 0.25) is 0 Å². The molecule has 0 unspecified atom stereocenters. The van der Waals surface area contributed by atoms with Gasteiger partial charge in [-0.3, -0.25) is 4.79 Å². The minimum atomic E-state index is -0.254. The van der Waals surface area contributed by atoms with Gasteiger partial charge in [-0.25, -0.2) is 0 Å². The van der Waals surface area contributed by atoms with E-state index in [2.05, 4.69) is 10.2 Å². The number of amides is 1. The summed E-state index contributed by atoms with van der Waals surface area (Å²) < 4.78 is 0. The third-order valence-corrected chi connectivity index (χ3v) is 3.38. The van der Waals surface area contributed by atoms with Gasteiger partial charge in [0.2, 0.25) is 5.91 Å². The van der Waals surface area contributed by atoms with Crippen molar-refractivity contribution in [2.75, 3.05) is 26.2 Å². The van der Waals surface area contributed by atoms with E-state index in [0.29, 0.717) is 0 Å². The Bertz CT molecular complexity index is 242. The molecule has 0 aromatic rings. The molecular formula is C13H27N3O. The molecular weight excluding hydrogens is 214 g/mol. The molecule has 4 nitrogen and oxygen atoms in total. The number of piperidine rings is 1. The largest absolute Gasteiger partial charge is 0.368 e. The molecule has 17 heavy (non-hydrogen) atoms. The van der Waals surface area contributed by atoms with Gasteiger partial charge in [0.25, 0.3) is 0 Å². The van der Waals surface area contributed by atoms with Crippen molar-refractivity contribution < 1.29 is 4.79 Å². The average molecular weight is 241 g/mol. The van der Waals surface area contributed by atoms with Gasteiger partial charge in [0.15, 0.2) is 0 Å². The standard InChI is InChI=1S/C13H27N3O/c1-13(2,3)11(12(14)17)15-7-10-16-8-5-4-6-9-16/h11,15H,4-10H2,1-3H3,(H2,14,17)/t11-/m1/s1. The first-order valence-corrected chi connectivity index (χ1v) is 6.66. The first-order chi connectivity index (χ1) is 7.91. The summed E-state index contributed by atoms with van der Waals surface area (Å²) in [6.45, 7) is 10.4. The highest BCUT2D eigenvalue weighted by Crippen LogP contribution is 2.18. The van der Waals surface area contributed by atoms with Crippen LogP contribution in [0, 0.1) is 5.41 Å². The first kappa shape index (κ1) is 14.5. The molecule has 0 saturated carbocycles. The van der Waals surface area contributed by atoms with Crippen molar-refractivity contribution in [1.82, 2.24) is 10.2 Å². The molecule has 0 aromatic carbocycles. The van der Waals surface area contributed by atoms with Gasteiger partial charge in [0.1, 0.15) is 0 Å². The second-order valence-corrected chi connectivity index (χ2v) is 6.06. The minimum Gasteiger partial charge on any atom is -0.368 e. The lowest BCUT2D eigenvalue weighted by Crippen LogP contribution is -2.51. The van der Waals surface area contributed by atoms with E-state index in [-0.39, 0.29) is 17.4 Å². The highest BCUT2D eigenvalue weighted by molar-refractivity contribution is 5.80. The van der Waals surface area contributed by atoms with Crippen molar-refractivity contribution in [3.63, 3.8) is 0 Å². The summed E-state index contributed by atoms with van der Waals surface area (Å²) in [6, 6.07) is -0.243.